The van der Waals surface area contributed by atoms with Crippen molar-refractivity contribution in [2.24, 2.45) is 5.92 Å². The van der Waals surface area contributed by atoms with Crippen molar-refractivity contribution in [1.82, 2.24) is 0 Å². The van der Waals surface area contributed by atoms with Gasteiger partial charge in [-0.1, -0.05) is 13.8 Å². The molecule has 0 aliphatic carbocycles. The molecule has 3 N–H and O–H groups in total. The van der Waals surface area contributed by atoms with E-state index in [9.17, 15) is 9.90 Å². The Morgan fingerprint density at radius 3 is 2.88 bits per heavy atom. The van der Waals surface area contributed by atoms with Gasteiger partial charge in [0.05, 0.1) is 21.7 Å². The number of carbonyl (C=O) groups is 1. The lowest BCUT2D eigenvalue weighted by molar-refractivity contribution is 0.0944. The third-order valence-corrected chi connectivity index (χ3v) is 4.20. The van der Waals surface area contributed by atoms with Crippen LogP contribution in [0.1, 0.15) is 29.9 Å². The molecule has 4 nitrogen and oxygen atoms in total. The number of thiophene rings is 1. The predicted molar refractivity (Wildman–Crippen MR) is 70.7 cm³/mol. The van der Waals surface area contributed by atoms with Gasteiger partial charge in [-0.05, 0) is 12.5 Å². The third kappa shape index (κ3) is 2.45. The molecule has 1 unspecified atom stereocenters. The number of Topliss-reactive ketones (excluding diaryl/α,β-unsaturated/α-hetero) is 1. The summed E-state index contributed by atoms with van der Waals surface area (Å²) in [4.78, 5) is 14.7. The molecule has 1 fully saturated rings. The number of ketones is 1. The van der Waals surface area contributed by atoms with Crippen LogP contribution in [0.4, 0.5) is 10.7 Å². The quantitative estimate of drug-likeness (QED) is 0.806. The molecule has 1 aliphatic rings. The standard InChI is InChI=1S/C12H18N2O2S/c1-7(2)11(16)12-9(13)5-10(17-12)14-4-3-8(15)6-14/h5,7-8,15H,3-4,6,13H2,1-2H3. The van der Waals surface area contributed by atoms with Crippen molar-refractivity contribution in [3.8, 4) is 0 Å². The zero-order chi connectivity index (χ0) is 12.6. The minimum atomic E-state index is -0.262. The fourth-order valence-corrected chi connectivity index (χ4v) is 3.15. The molecule has 0 aromatic carbocycles. The lowest BCUT2D eigenvalue weighted by atomic mass is 10.1. The maximum absolute atomic E-state index is 11.9. The molecular weight excluding hydrogens is 236 g/mol. The number of carbonyl (C=O) groups excluding carboxylic acids is 1. The van der Waals surface area contributed by atoms with Crippen LogP contribution >= 0.6 is 11.3 Å². The molecule has 2 rings (SSSR count). The van der Waals surface area contributed by atoms with Gasteiger partial charge in [-0.2, -0.15) is 0 Å². The van der Waals surface area contributed by atoms with Crippen LogP contribution in [0.25, 0.3) is 0 Å². The van der Waals surface area contributed by atoms with Crippen LogP contribution in [0.3, 0.4) is 0 Å². The summed E-state index contributed by atoms with van der Waals surface area (Å²) in [5.74, 6) is 0.0615. The summed E-state index contributed by atoms with van der Waals surface area (Å²) in [6, 6.07) is 1.85. The summed E-state index contributed by atoms with van der Waals surface area (Å²) in [5, 5.41) is 10.5. The minimum Gasteiger partial charge on any atom is -0.397 e. The van der Waals surface area contributed by atoms with E-state index in [1.807, 2.05) is 19.9 Å². The van der Waals surface area contributed by atoms with Gasteiger partial charge >= 0.3 is 0 Å². The summed E-state index contributed by atoms with van der Waals surface area (Å²) in [7, 11) is 0. The molecule has 1 atom stereocenters. The SMILES string of the molecule is CC(C)C(=O)c1sc(N2CCC(O)C2)cc1N. The van der Waals surface area contributed by atoms with E-state index in [-0.39, 0.29) is 17.8 Å². The van der Waals surface area contributed by atoms with Gasteiger partial charge in [0.25, 0.3) is 0 Å². The van der Waals surface area contributed by atoms with Crippen LogP contribution in [-0.2, 0) is 0 Å². The Morgan fingerprint density at radius 2 is 2.35 bits per heavy atom. The summed E-state index contributed by atoms with van der Waals surface area (Å²) < 4.78 is 0. The van der Waals surface area contributed by atoms with Crippen molar-refractivity contribution < 1.29 is 9.90 Å². The van der Waals surface area contributed by atoms with Gasteiger partial charge in [0, 0.05) is 19.0 Å². The summed E-state index contributed by atoms with van der Waals surface area (Å²) in [6.07, 6.45) is 0.521. The highest BCUT2D eigenvalue weighted by Crippen LogP contribution is 2.35. The van der Waals surface area contributed by atoms with E-state index in [4.69, 9.17) is 5.73 Å². The van der Waals surface area contributed by atoms with Gasteiger partial charge in [-0.3, -0.25) is 4.79 Å². The molecule has 1 aliphatic heterocycles. The Hall–Kier alpha value is -1.07. The average molecular weight is 254 g/mol. The Morgan fingerprint density at radius 1 is 1.65 bits per heavy atom. The Balaban J connectivity index is 2.21. The molecule has 94 valence electrons. The molecule has 5 heteroatoms. The second-order valence-corrected chi connectivity index (χ2v) is 5.81. The number of β-amino-alcohol motifs (C(OH)–C–C–N with tert-alkyl or cyclic N) is 1. The normalized spacial score (nSPS) is 20.2. The Bertz CT molecular complexity index is 428. The number of anilines is 2. The van der Waals surface area contributed by atoms with Crippen molar-refractivity contribution in [1.29, 1.82) is 0 Å². The van der Waals surface area contributed by atoms with Crippen LogP contribution in [0, 0.1) is 5.92 Å². The number of aliphatic hydroxyl groups excluding tert-OH is 1. The van der Waals surface area contributed by atoms with Crippen LogP contribution in [0.2, 0.25) is 0 Å². The summed E-state index contributed by atoms with van der Waals surface area (Å²) in [5.41, 5.74) is 6.44. The van der Waals surface area contributed by atoms with E-state index >= 15 is 0 Å². The number of aliphatic hydroxyl groups is 1. The minimum absolute atomic E-state index is 0.0343. The first-order valence-corrected chi connectivity index (χ1v) is 6.67. The highest BCUT2D eigenvalue weighted by Gasteiger charge is 2.24. The molecule has 0 amide bonds. The lowest BCUT2D eigenvalue weighted by Gasteiger charge is -2.14. The van der Waals surface area contributed by atoms with Crippen LogP contribution in [0.15, 0.2) is 6.07 Å². The van der Waals surface area contributed by atoms with Gasteiger partial charge in [0.2, 0.25) is 0 Å². The molecule has 1 saturated heterocycles. The number of rotatable bonds is 3. The Kier molecular flexibility index (Phi) is 3.40. The molecule has 17 heavy (non-hydrogen) atoms. The fourth-order valence-electron chi connectivity index (χ4n) is 1.94. The number of nitrogens with two attached hydrogens (primary N) is 1. The number of nitrogen functional groups attached to an aromatic ring is 1. The van der Waals surface area contributed by atoms with E-state index in [1.165, 1.54) is 11.3 Å². The fraction of sp³-hybridized carbons (Fsp3) is 0.583. The first-order chi connectivity index (χ1) is 7.99. The topological polar surface area (TPSA) is 66.6 Å². The predicted octanol–water partition coefficient (Wildman–Crippen LogP) is 1.74. The van der Waals surface area contributed by atoms with Crippen molar-refractivity contribution in [3.05, 3.63) is 10.9 Å². The molecule has 0 saturated carbocycles. The van der Waals surface area contributed by atoms with Gasteiger partial charge < -0.3 is 15.7 Å². The van der Waals surface area contributed by atoms with Gasteiger partial charge in [-0.25, -0.2) is 0 Å². The number of nitrogens with zero attached hydrogens (tertiary/aromatic N) is 1. The van der Waals surface area contributed by atoms with E-state index in [1.54, 1.807) is 0 Å². The van der Waals surface area contributed by atoms with Crippen LogP contribution in [-0.4, -0.2) is 30.1 Å². The third-order valence-electron chi connectivity index (χ3n) is 2.97. The zero-order valence-electron chi connectivity index (χ0n) is 10.1. The van der Waals surface area contributed by atoms with Gasteiger partial charge in [0.15, 0.2) is 5.78 Å². The van der Waals surface area contributed by atoms with Crippen molar-refractivity contribution >= 4 is 27.8 Å². The highest BCUT2D eigenvalue weighted by molar-refractivity contribution is 7.18. The lowest BCUT2D eigenvalue weighted by Crippen LogP contribution is -2.19. The largest absolute Gasteiger partial charge is 0.397 e. The summed E-state index contributed by atoms with van der Waals surface area (Å²) >= 11 is 1.44. The molecule has 0 radical (unpaired) electrons. The van der Waals surface area contributed by atoms with Crippen molar-refractivity contribution in [2.45, 2.75) is 26.4 Å². The second-order valence-electron chi connectivity index (χ2n) is 4.78. The maximum atomic E-state index is 11.9. The van der Waals surface area contributed by atoms with Gasteiger partial charge in [0.1, 0.15) is 0 Å². The monoisotopic (exact) mass is 254 g/mol. The summed E-state index contributed by atoms with van der Waals surface area (Å²) in [6.45, 7) is 5.22. The highest BCUT2D eigenvalue weighted by atomic mass is 32.1. The number of hydrogen-bond acceptors (Lipinski definition) is 5. The Labute approximate surface area is 105 Å². The van der Waals surface area contributed by atoms with Crippen molar-refractivity contribution in [3.63, 3.8) is 0 Å². The molecule has 1 aromatic heterocycles. The van der Waals surface area contributed by atoms with Gasteiger partial charge in [-0.15, -0.1) is 11.3 Å². The maximum Gasteiger partial charge on any atom is 0.177 e. The molecule has 0 bridgehead atoms. The van der Waals surface area contributed by atoms with E-state index in [0.717, 1.165) is 18.0 Å². The first-order valence-electron chi connectivity index (χ1n) is 5.85. The van der Waals surface area contributed by atoms with E-state index in [0.29, 0.717) is 17.1 Å². The molecule has 1 aromatic rings. The first kappa shape index (κ1) is 12.4. The van der Waals surface area contributed by atoms with E-state index < -0.39 is 0 Å². The van der Waals surface area contributed by atoms with Crippen molar-refractivity contribution in [2.75, 3.05) is 23.7 Å². The average Bonchev–Trinajstić information content (AvgIpc) is 2.83. The molecular formula is C12H18N2O2S. The van der Waals surface area contributed by atoms with E-state index in [2.05, 4.69) is 4.90 Å². The molecule has 0 spiro atoms. The second kappa shape index (κ2) is 4.66. The number of hydrogen-bond donors (Lipinski definition) is 2. The molecule has 2 heterocycles. The van der Waals surface area contributed by atoms with Crippen LogP contribution in [0.5, 0.6) is 0 Å². The smallest absolute Gasteiger partial charge is 0.177 e. The zero-order valence-corrected chi connectivity index (χ0v) is 11.0. The van der Waals surface area contributed by atoms with Crippen LogP contribution < -0.4 is 10.6 Å².